The molecule has 110 valence electrons. The van der Waals surface area contributed by atoms with Crippen LogP contribution in [-0.2, 0) is 4.79 Å². The third-order valence-corrected chi connectivity index (χ3v) is 4.86. The highest BCUT2D eigenvalue weighted by molar-refractivity contribution is 5.78. The topological polar surface area (TPSA) is 23.6 Å². The molecule has 2 aliphatic rings. The minimum atomic E-state index is 0.371. The summed E-state index contributed by atoms with van der Waals surface area (Å²) in [5.74, 6) is 1.17. The molecular formula is C16H30N2O. The quantitative estimate of drug-likeness (QED) is 0.764. The number of hydrogen-bond donors (Lipinski definition) is 0. The summed E-state index contributed by atoms with van der Waals surface area (Å²) in [5.41, 5.74) is 0. The maximum absolute atomic E-state index is 12.5. The summed E-state index contributed by atoms with van der Waals surface area (Å²) in [4.78, 5) is 16.9. The van der Waals surface area contributed by atoms with E-state index < -0.39 is 0 Å². The van der Waals surface area contributed by atoms with Crippen LogP contribution in [0, 0.1) is 5.92 Å². The summed E-state index contributed by atoms with van der Waals surface area (Å²) < 4.78 is 0. The van der Waals surface area contributed by atoms with Crippen molar-refractivity contribution in [3.8, 4) is 0 Å². The maximum Gasteiger partial charge on any atom is 0.236 e. The zero-order chi connectivity index (χ0) is 13.7. The molecule has 19 heavy (non-hydrogen) atoms. The van der Waals surface area contributed by atoms with E-state index in [-0.39, 0.29) is 0 Å². The lowest BCUT2D eigenvalue weighted by atomic mass is 9.78. The molecule has 1 saturated carbocycles. The van der Waals surface area contributed by atoms with Gasteiger partial charge >= 0.3 is 0 Å². The Morgan fingerprint density at radius 3 is 2.74 bits per heavy atom. The van der Waals surface area contributed by atoms with Gasteiger partial charge in [-0.15, -0.1) is 0 Å². The van der Waals surface area contributed by atoms with E-state index >= 15 is 0 Å². The third kappa shape index (κ3) is 3.95. The fraction of sp³-hybridized carbons (Fsp3) is 0.938. The summed E-state index contributed by atoms with van der Waals surface area (Å²) in [6, 6.07) is 0.564. The molecule has 1 saturated heterocycles. The first-order valence-electron chi connectivity index (χ1n) is 8.20. The van der Waals surface area contributed by atoms with Crippen LogP contribution in [-0.4, -0.2) is 48.4 Å². The van der Waals surface area contributed by atoms with Gasteiger partial charge in [-0.1, -0.05) is 26.2 Å². The molecule has 1 amide bonds. The number of amides is 1. The number of fused-ring (bicyclic) bond motifs is 1. The van der Waals surface area contributed by atoms with Crippen molar-refractivity contribution in [3.05, 3.63) is 0 Å². The average molecular weight is 266 g/mol. The Balaban J connectivity index is 1.86. The molecule has 0 aromatic rings. The first kappa shape index (κ1) is 14.8. The molecule has 2 atom stereocenters. The summed E-state index contributed by atoms with van der Waals surface area (Å²) in [5, 5.41) is 0. The van der Waals surface area contributed by atoms with Crippen molar-refractivity contribution < 1.29 is 4.79 Å². The van der Waals surface area contributed by atoms with Gasteiger partial charge in [0.15, 0.2) is 0 Å². The van der Waals surface area contributed by atoms with Crippen LogP contribution in [0.4, 0.5) is 0 Å². The number of rotatable bonds is 5. The number of unbranched alkanes of at least 4 members (excludes halogenated alkanes) is 1. The summed E-state index contributed by atoms with van der Waals surface area (Å²) in [6.07, 6.45) is 10.2. The van der Waals surface area contributed by atoms with Crippen LogP contribution in [0.15, 0.2) is 0 Å². The lowest BCUT2D eigenvalue weighted by molar-refractivity contribution is -0.138. The number of nitrogens with zero attached hydrogens (tertiary/aromatic N) is 2. The van der Waals surface area contributed by atoms with E-state index in [9.17, 15) is 4.79 Å². The molecule has 0 aromatic carbocycles. The predicted octanol–water partition coefficient (Wildman–Crippen LogP) is 2.90. The van der Waals surface area contributed by atoms with Gasteiger partial charge < -0.3 is 4.90 Å². The van der Waals surface area contributed by atoms with Crippen molar-refractivity contribution in [2.45, 2.75) is 64.3 Å². The number of likely N-dealkylation sites (N-methyl/N-ethyl adjacent to an activating group) is 1. The van der Waals surface area contributed by atoms with Gasteiger partial charge in [-0.25, -0.2) is 0 Å². The van der Waals surface area contributed by atoms with Crippen LogP contribution < -0.4 is 0 Å². The van der Waals surface area contributed by atoms with Gasteiger partial charge in [0.2, 0.25) is 5.91 Å². The van der Waals surface area contributed by atoms with Crippen LogP contribution in [0.2, 0.25) is 0 Å². The normalized spacial score (nSPS) is 27.4. The Kier molecular flexibility index (Phi) is 5.68. The Hall–Kier alpha value is -0.570. The Labute approximate surface area is 118 Å². The van der Waals surface area contributed by atoms with E-state index in [2.05, 4.69) is 23.8 Å². The van der Waals surface area contributed by atoms with Crippen LogP contribution in [0.1, 0.15) is 58.3 Å². The number of piperidine rings is 1. The molecule has 0 bridgehead atoms. The molecule has 3 nitrogen and oxygen atoms in total. The molecule has 0 radical (unpaired) electrons. The summed E-state index contributed by atoms with van der Waals surface area (Å²) in [6.45, 7) is 4.86. The molecule has 3 heteroatoms. The second-order valence-electron chi connectivity index (χ2n) is 6.43. The van der Waals surface area contributed by atoms with E-state index in [1.165, 1.54) is 51.4 Å². The molecule has 1 aliphatic carbocycles. The number of likely N-dealkylation sites (tertiary alicyclic amines) is 1. The minimum Gasteiger partial charge on any atom is -0.338 e. The van der Waals surface area contributed by atoms with Gasteiger partial charge in [0.1, 0.15) is 0 Å². The first-order valence-corrected chi connectivity index (χ1v) is 8.20. The van der Waals surface area contributed by atoms with Crippen molar-refractivity contribution in [1.29, 1.82) is 0 Å². The molecule has 2 unspecified atom stereocenters. The zero-order valence-electron chi connectivity index (χ0n) is 12.7. The lowest BCUT2D eigenvalue weighted by Crippen LogP contribution is -2.52. The molecule has 0 N–H and O–H groups in total. The number of carbonyl (C=O) groups excluding carboxylic acids is 1. The monoisotopic (exact) mass is 266 g/mol. The minimum absolute atomic E-state index is 0.371. The Morgan fingerprint density at radius 2 is 1.95 bits per heavy atom. The van der Waals surface area contributed by atoms with Crippen molar-refractivity contribution in [2.24, 2.45) is 5.92 Å². The van der Waals surface area contributed by atoms with Gasteiger partial charge in [-0.05, 0) is 51.6 Å². The van der Waals surface area contributed by atoms with Crippen LogP contribution in [0.25, 0.3) is 0 Å². The van der Waals surface area contributed by atoms with E-state index in [1.54, 1.807) is 0 Å². The largest absolute Gasteiger partial charge is 0.338 e. The van der Waals surface area contributed by atoms with Crippen molar-refractivity contribution >= 4 is 5.91 Å². The highest BCUT2D eigenvalue weighted by Crippen LogP contribution is 2.35. The molecule has 0 aromatic heterocycles. The fourth-order valence-electron chi connectivity index (χ4n) is 3.76. The Morgan fingerprint density at radius 1 is 1.21 bits per heavy atom. The zero-order valence-corrected chi connectivity index (χ0v) is 12.7. The van der Waals surface area contributed by atoms with Crippen LogP contribution in [0.5, 0.6) is 0 Å². The van der Waals surface area contributed by atoms with Crippen molar-refractivity contribution in [3.63, 3.8) is 0 Å². The molecule has 2 fully saturated rings. The molecule has 1 aliphatic heterocycles. The second kappa shape index (κ2) is 7.28. The highest BCUT2D eigenvalue weighted by atomic mass is 16.2. The first-order chi connectivity index (χ1) is 9.22. The Bertz CT molecular complexity index is 290. The van der Waals surface area contributed by atoms with E-state index in [4.69, 9.17) is 0 Å². The second-order valence-corrected chi connectivity index (χ2v) is 6.43. The van der Waals surface area contributed by atoms with Gasteiger partial charge in [0, 0.05) is 12.6 Å². The van der Waals surface area contributed by atoms with Crippen molar-refractivity contribution in [2.75, 3.05) is 26.7 Å². The molecule has 2 rings (SSSR count). The van der Waals surface area contributed by atoms with Gasteiger partial charge in [-0.3, -0.25) is 9.69 Å². The number of carbonyl (C=O) groups is 1. The SMILES string of the molecule is CCCCN(C)CC(=O)N1CCCC2CCCCC21. The summed E-state index contributed by atoms with van der Waals surface area (Å²) >= 11 is 0. The number of hydrogen-bond acceptors (Lipinski definition) is 2. The van der Waals surface area contributed by atoms with Gasteiger partial charge in [0.05, 0.1) is 6.54 Å². The van der Waals surface area contributed by atoms with Crippen LogP contribution in [0.3, 0.4) is 0 Å². The standard InChI is InChI=1S/C16H30N2O/c1-3-4-11-17(2)13-16(19)18-12-7-9-14-8-5-6-10-15(14)18/h14-15H,3-13H2,1-2H3. The highest BCUT2D eigenvalue weighted by Gasteiger charge is 2.35. The lowest BCUT2D eigenvalue weighted by Gasteiger charge is -2.44. The predicted molar refractivity (Wildman–Crippen MR) is 79.1 cm³/mol. The average Bonchev–Trinajstić information content (AvgIpc) is 2.44. The van der Waals surface area contributed by atoms with Crippen molar-refractivity contribution in [1.82, 2.24) is 9.80 Å². The van der Waals surface area contributed by atoms with E-state index in [0.717, 1.165) is 19.0 Å². The fourth-order valence-corrected chi connectivity index (χ4v) is 3.76. The third-order valence-electron chi connectivity index (χ3n) is 4.86. The molecular weight excluding hydrogens is 236 g/mol. The van der Waals surface area contributed by atoms with Gasteiger partial charge in [0.25, 0.3) is 0 Å². The summed E-state index contributed by atoms with van der Waals surface area (Å²) in [7, 11) is 2.08. The smallest absolute Gasteiger partial charge is 0.236 e. The van der Waals surface area contributed by atoms with E-state index in [1.807, 2.05) is 0 Å². The van der Waals surface area contributed by atoms with E-state index in [0.29, 0.717) is 18.5 Å². The van der Waals surface area contributed by atoms with Crippen LogP contribution >= 0.6 is 0 Å². The molecule has 0 spiro atoms. The maximum atomic E-state index is 12.5. The van der Waals surface area contributed by atoms with Gasteiger partial charge in [-0.2, -0.15) is 0 Å². The molecule has 1 heterocycles.